The van der Waals surface area contributed by atoms with Crippen LogP contribution in [0.4, 0.5) is 5.69 Å². The Balaban J connectivity index is 1.46. The summed E-state index contributed by atoms with van der Waals surface area (Å²) in [5, 5.41) is 23.6. The molecule has 32 heavy (non-hydrogen) atoms. The highest BCUT2D eigenvalue weighted by atomic mass is 32.2. The number of thiophene rings is 1. The molecule has 3 aromatic heterocycles. The van der Waals surface area contributed by atoms with E-state index in [0.717, 1.165) is 52.9 Å². The van der Waals surface area contributed by atoms with Gasteiger partial charge in [-0.15, -0.1) is 21.5 Å². The van der Waals surface area contributed by atoms with Gasteiger partial charge in [0.25, 0.3) is 5.69 Å². The van der Waals surface area contributed by atoms with Gasteiger partial charge in [-0.2, -0.15) is 0 Å². The molecule has 0 atom stereocenters. The minimum absolute atomic E-state index is 0.0470. The fourth-order valence-electron chi connectivity index (χ4n) is 3.43. The quantitative estimate of drug-likeness (QED) is 0.197. The molecule has 0 unspecified atom stereocenters. The zero-order valence-corrected chi connectivity index (χ0v) is 19.0. The average molecular weight is 465 g/mol. The van der Waals surface area contributed by atoms with Crippen molar-refractivity contribution in [2.45, 2.75) is 48.8 Å². The zero-order valence-electron chi connectivity index (χ0n) is 17.3. The Bertz CT molecular complexity index is 1250. The van der Waals surface area contributed by atoms with Gasteiger partial charge in [0.05, 0.1) is 4.92 Å². The number of non-ortho nitro benzene ring substituents is 1. The first kappa shape index (κ1) is 20.8. The molecule has 0 N–H and O–H groups in total. The van der Waals surface area contributed by atoms with Crippen LogP contribution in [-0.2, 0) is 12.8 Å². The van der Waals surface area contributed by atoms with Crippen LogP contribution in [0.25, 0.3) is 11.4 Å². The topological polar surface area (TPSA) is 99.6 Å². The van der Waals surface area contributed by atoms with Crippen molar-refractivity contribution in [3.8, 4) is 11.4 Å². The molecule has 3 heterocycles. The van der Waals surface area contributed by atoms with Crippen molar-refractivity contribution in [2.75, 3.05) is 0 Å². The van der Waals surface area contributed by atoms with Crippen molar-refractivity contribution < 1.29 is 4.92 Å². The summed E-state index contributed by atoms with van der Waals surface area (Å²) >= 11 is 3.22. The molecule has 0 aliphatic heterocycles. The van der Waals surface area contributed by atoms with Crippen LogP contribution in [0.2, 0.25) is 0 Å². The largest absolute Gasteiger partial charge is 0.302 e. The van der Waals surface area contributed by atoms with Crippen molar-refractivity contribution in [2.24, 2.45) is 0 Å². The van der Waals surface area contributed by atoms with Crippen molar-refractivity contribution in [1.82, 2.24) is 24.7 Å². The van der Waals surface area contributed by atoms with E-state index in [1.807, 2.05) is 13.0 Å². The molecule has 1 fully saturated rings. The van der Waals surface area contributed by atoms with E-state index in [1.54, 1.807) is 23.5 Å². The van der Waals surface area contributed by atoms with E-state index >= 15 is 0 Å². The molecule has 5 rings (SSSR count). The summed E-state index contributed by atoms with van der Waals surface area (Å²) in [6.07, 6.45) is 3.82. The number of hydrogen-bond donors (Lipinski definition) is 0. The molecule has 0 radical (unpaired) electrons. The zero-order chi connectivity index (χ0) is 22.1. The van der Waals surface area contributed by atoms with E-state index in [4.69, 9.17) is 4.98 Å². The predicted molar refractivity (Wildman–Crippen MR) is 123 cm³/mol. The number of nitro benzene ring substituents is 1. The fraction of sp³-hybridized carbons (Fsp3) is 0.273. The minimum atomic E-state index is -0.410. The maximum Gasteiger partial charge on any atom is 0.269 e. The number of rotatable bonds is 8. The van der Waals surface area contributed by atoms with Gasteiger partial charge in [0, 0.05) is 40.7 Å². The Hall–Kier alpha value is -3.11. The number of nitro groups is 1. The highest BCUT2D eigenvalue weighted by molar-refractivity contribution is 7.99. The molecule has 8 nitrogen and oxygen atoms in total. The molecule has 0 spiro atoms. The van der Waals surface area contributed by atoms with Gasteiger partial charge in [-0.1, -0.05) is 13.0 Å². The summed E-state index contributed by atoms with van der Waals surface area (Å²) in [5.74, 6) is 1.54. The van der Waals surface area contributed by atoms with Gasteiger partial charge in [-0.05, 0) is 60.7 Å². The Morgan fingerprint density at radius 2 is 2.00 bits per heavy atom. The Kier molecular flexibility index (Phi) is 5.71. The smallest absolute Gasteiger partial charge is 0.269 e. The average Bonchev–Trinajstić information content (AvgIpc) is 3.37. The van der Waals surface area contributed by atoms with Gasteiger partial charge < -0.3 is 4.57 Å². The number of aromatic nitrogens is 5. The first-order valence-electron chi connectivity index (χ1n) is 10.4. The van der Waals surface area contributed by atoms with Crippen molar-refractivity contribution in [3.05, 3.63) is 74.4 Å². The summed E-state index contributed by atoms with van der Waals surface area (Å²) in [5.41, 5.74) is 1.70. The van der Waals surface area contributed by atoms with Crippen molar-refractivity contribution in [3.63, 3.8) is 0 Å². The maximum absolute atomic E-state index is 11.0. The highest BCUT2D eigenvalue weighted by Crippen LogP contribution is 2.40. The summed E-state index contributed by atoms with van der Waals surface area (Å²) in [7, 11) is 0. The Labute approximate surface area is 192 Å². The van der Waals surface area contributed by atoms with Crippen LogP contribution in [0, 0.1) is 10.1 Å². The second-order valence-electron chi connectivity index (χ2n) is 7.54. The Morgan fingerprint density at radius 3 is 2.66 bits per heavy atom. The summed E-state index contributed by atoms with van der Waals surface area (Å²) in [4.78, 5) is 21.2. The molecule has 1 saturated carbocycles. The van der Waals surface area contributed by atoms with Gasteiger partial charge in [-0.3, -0.25) is 10.1 Å². The molecule has 10 heteroatoms. The van der Waals surface area contributed by atoms with E-state index in [1.165, 1.54) is 28.8 Å². The van der Waals surface area contributed by atoms with Gasteiger partial charge >= 0.3 is 0 Å². The Morgan fingerprint density at radius 1 is 1.19 bits per heavy atom. The normalized spacial score (nSPS) is 13.4. The molecule has 0 bridgehead atoms. The second kappa shape index (κ2) is 8.79. The third kappa shape index (κ3) is 4.42. The molecule has 1 aromatic carbocycles. The highest BCUT2D eigenvalue weighted by Gasteiger charge is 2.30. The lowest BCUT2D eigenvalue weighted by Crippen LogP contribution is -2.04. The lowest BCUT2D eigenvalue weighted by atomic mass is 10.2. The second-order valence-corrected chi connectivity index (χ2v) is 9.56. The first-order chi connectivity index (χ1) is 15.6. The van der Waals surface area contributed by atoms with Gasteiger partial charge in [0.15, 0.2) is 11.0 Å². The van der Waals surface area contributed by atoms with Gasteiger partial charge in [-0.25, -0.2) is 9.97 Å². The van der Waals surface area contributed by atoms with Crippen molar-refractivity contribution in [1.29, 1.82) is 0 Å². The lowest BCUT2D eigenvalue weighted by molar-refractivity contribution is -0.384. The minimum Gasteiger partial charge on any atom is -0.302 e. The molecule has 1 aliphatic rings. The SMILES string of the molecule is CCc1cc(Sc2nnc(Cc3cccs3)n2C2CC2)nc(-c2ccc([N+](=O)[O-])cc2)n1. The van der Waals surface area contributed by atoms with Crippen LogP contribution in [0.3, 0.4) is 0 Å². The van der Waals surface area contributed by atoms with E-state index in [0.29, 0.717) is 11.9 Å². The maximum atomic E-state index is 11.0. The van der Waals surface area contributed by atoms with Crippen LogP contribution in [0.5, 0.6) is 0 Å². The molecule has 4 aromatic rings. The van der Waals surface area contributed by atoms with Gasteiger partial charge in [0.1, 0.15) is 10.9 Å². The standard InChI is InChI=1S/C22H20N6O2S2/c1-2-15-12-20(24-21(23-15)14-5-7-17(8-6-14)28(29)30)32-22-26-25-19(27(22)16-9-10-16)13-18-4-3-11-31-18/h3-8,11-12,16H,2,9-10,13H2,1H3. The number of hydrogen-bond acceptors (Lipinski definition) is 8. The number of benzene rings is 1. The van der Waals surface area contributed by atoms with Crippen LogP contribution >= 0.6 is 23.1 Å². The van der Waals surface area contributed by atoms with Gasteiger partial charge in [0.2, 0.25) is 0 Å². The number of aryl methyl sites for hydroxylation is 1. The monoisotopic (exact) mass is 464 g/mol. The molecule has 0 saturated heterocycles. The molecular formula is C22H20N6O2S2. The van der Waals surface area contributed by atoms with Crippen LogP contribution in [0.15, 0.2) is 58.0 Å². The molecule has 0 amide bonds. The predicted octanol–water partition coefficient (Wildman–Crippen LogP) is 5.34. The molecular weight excluding hydrogens is 444 g/mol. The fourth-order valence-corrected chi connectivity index (χ4v) is 5.08. The van der Waals surface area contributed by atoms with E-state index in [-0.39, 0.29) is 5.69 Å². The van der Waals surface area contributed by atoms with Crippen LogP contribution in [-0.4, -0.2) is 29.7 Å². The first-order valence-corrected chi connectivity index (χ1v) is 12.1. The lowest BCUT2D eigenvalue weighted by Gasteiger charge is -2.10. The third-order valence-corrected chi connectivity index (χ3v) is 6.97. The van der Waals surface area contributed by atoms with Crippen molar-refractivity contribution >= 4 is 28.8 Å². The summed E-state index contributed by atoms with van der Waals surface area (Å²) in [6, 6.07) is 12.9. The summed E-state index contributed by atoms with van der Waals surface area (Å²) < 4.78 is 2.25. The van der Waals surface area contributed by atoms with E-state index in [9.17, 15) is 10.1 Å². The van der Waals surface area contributed by atoms with Crippen LogP contribution in [0.1, 0.15) is 42.2 Å². The molecule has 1 aliphatic carbocycles. The third-order valence-electron chi connectivity index (χ3n) is 5.21. The molecule has 162 valence electrons. The van der Waals surface area contributed by atoms with E-state index in [2.05, 4.69) is 37.3 Å². The van der Waals surface area contributed by atoms with E-state index < -0.39 is 4.92 Å². The number of nitrogens with zero attached hydrogens (tertiary/aromatic N) is 6. The van der Waals surface area contributed by atoms with Crippen LogP contribution < -0.4 is 0 Å². The summed E-state index contributed by atoms with van der Waals surface area (Å²) in [6.45, 7) is 2.04.